The smallest absolute Gasteiger partial charge is 0.264 e. The molecule has 154 valence electrons. The molecule has 0 unspecified atom stereocenters. The molecule has 2 aromatic rings. The van der Waals surface area contributed by atoms with Crippen LogP contribution >= 0.6 is 11.6 Å². The van der Waals surface area contributed by atoms with E-state index in [1.165, 1.54) is 6.08 Å². The Hall–Kier alpha value is -3.34. The van der Waals surface area contributed by atoms with Gasteiger partial charge in [0.05, 0.1) is 13.2 Å². The number of anilines is 1. The highest BCUT2D eigenvalue weighted by Gasteiger charge is 2.20. The summed E-state index contributed by atoms with van der Waals surface area (Å²) in [5, 5.41) is 12.6. The number of benzene rings is 2. The highest BCUT2D eigenvalue weighted by Crippen LogP contribution is 2.17. The monoisotopic (exact) mass is 425 g/mol. The van der Waals surface area contributed by atoms with Gasteiger partial charge in [0.2, 0.25) is 0 Å². The van der Waals surface area contributed by atoms with Crippen LogP contribution in [0.2, 0.25) is 5.02 Å². The Kier molecular flexibility index (Phi) is 7.44. The fourth-order valence-corrected chi connectivity index (χ4v) is 3.01. The molecule has 0 aliphatic carbocycles. The van der Waals surface area contributed by atoms with Gasteiger partial charge in [0.15, 0.2) is 6.61 Å². The van der Waals surface area contributed by atoms with Gasteiger partial charge in [-0.05, 0) is 42.0 Å². The molecule has 3 rings (SSSR count). The average molecular weight is 426 g/mol. The molecular weight excluding hydrogens is 406 g/mol. The number of ether oxygens (including phenoxy) is 2. The lowest BCUT2D eigenvalue weighted by Crippen LogP contribution is -2.41. The maximum Gasteiger partial charge on any atom is 0.264 e. The van der Waals surface area contributed by atoms with Crippen LogP contribution in [0.15, 0.2) is 54.1 Å². The molecular formula is C22H20ClN3O4. The van der Waals surface area contributed by atoms with Gasteiger partial charge in [0, 0.05) is 23.8 Å². The van der Waals surface area contributed by atoms with Crippen LogP contribution in [0.3, 0.4) is 0 Å². The third kappa shape index (κ3) is 6.08. The number of nitriles is 1. The second kappa shape index (κ2) is 10.4. The van der Waals surface area contributed by atoms with Gasteiger partial charge in [-0.2, -0.15) is 5.26 Å². The van der Waals surface area contributed by atoms with Gasteiger partial charge in [-0.1, -0.05) is 29.8 Å². The fourth-order valence-electron chi connectivity index (χ4n) is 2.82. The van der Waals surface area contributed by atoms with E-state index >= 15 is 0 Å². The fraction of sp³-hybridized carbons (Fsp3) is 0.227. The van der Waals surface area contributed by atoms with Crippen LogP contribution in [0.5, 0.6) is 5.75 Å². The van der Waals surface area contributed by atoms with E-state index in [1.54, 1.807) is 53.4 Å². The quantitative estimate of drug-likeness (QED) is 0.567. The molecule has 1 aliphatic heterocycles. The summed E-state index contributed by atoms with van der Waals surface area (Å²) in [6.45, 7) is 1.73. The molecule has 8 heteroatoms. The summed E-state index contributed by atoms with van der Waals surface area (Å²) in [4.78, 5) is 26.1. The molecule has 0 spiro atoms. The summed E-state index contributed by atoms with van der Waals surface area (Å²) < 4.78 is 10.7. The number of rotatable bonds is 6. The van der Waals surface area contributed by atoms with Gasteiger partial charge < -0.3 is 19.7 Å². The molecule has 1 heterocycles. The number of nitrogens with one attached hydrogen (secondary N) is 1. The summed E-state index contributed by atoms with van der Waals surface area (Å²) in [5.74, 6) is -0.130. The molecule has 0 radical (unpaired) electrons. The third-order valence-corrected chi connectivity index (χ3v) is 4.55. The van der Waals surface area contributed by atoms with Crippen LogP contribution in [-0.2, 0) is 14.3 Å². The normalized spacial score (nSPS) is 14.0. The van der Waals surface area contributed by atoms with Crippen molar-refractivity contribution in [2.24, 2.45) is 0 Å². The molecule has 0 atom stereocenters. The van der Waals surface area contributed by atoms with Crippen molar-refractivity contribution in [2.45, 2.75) is 0 Å². The highest BCUT2D eigenvalue weighted by atomic mass is 35.5. The standard InChI is InChI=1S/C22H20ClN3O4/c23-18-2-1-3-19(13-18)25-21(27)15-30-20-6-4-16(5-7-20)12-17(14-24)22(28)26-8-10-29-11-9-26/h1-7,12-13H,8-11,15H2,(H,25,27)/b17-12+. The molecule has 1 N–H and O–H groups in total. The summed E-state index contributed by atoms with van der Waals surface area (Å²) in [6.07, 6.45) is 1.54. The van der Waals surface area contributed by atoms with Crippen LogP contribution in [0.25, 0.3) is 6.08 Å². The topological polar surface area (TPSA) is 91.7 Å². The Morgan fingerprint density at radius 3 is 2.60 bits per heavy atom. The van der Waals surface area contributed by atoms with E-state index in [0.29, 0.717) is 48.3 Å². The highest BCUT2D eigenvalue weighted by molar-refractivity contribution is 6.30. The Morgan fingerprint density at radius 1 is 1.20 bits per heavy atom. The van der Waals surface area contributed by atoms with Crippen molar-refractivity contribution in [1.29, 1.82) is 5.26 Å². The second-order valence-electron chi connectivity index (χ2n) is 6.49. The third-order valence-electron chi connectivity index (χ3n) is 4.32. The number of amides is 2. The average Bonchev–Trinajstić information content (AvgIpc) is 2.77. The number of halogens is 1. The van der Waals surface area contributed by atoms with Crippen LogP contribution in [-0.4, -0.2) is 49.6 Å². The first-order valence-electron chi connectivity index (χ1n) is 9.32. The number of hydrogen-bond donors (Lipinski definition) is 1. The van der Waals surface area contributed by atoms with Gasteiger partial charge in [0.1, 0.15) is 17.4 Å². The lowest BCUT2D eigenvalue weighted by atomic mass is 10.1. The van der Waals surface area contributed by atoms with Crippen LogP contribution in [0.1, 0.15) is 5.56 Å². The molecule has 0 bridgehead atoms. The van der Waals surface area contributed by atoms with E-state index in [4.69, 9.17) is 21.1 Å². The molecule has 1 aliphatic rings. The molecule has 0 saturated carbocycles. The minimum atomic E-state index is -0.316. The molecule has 2 amide bonds. The van der Waals surface area contributed by atoms with Crippen molar-refractivity contribution >= 4 is 35.2 Å². The number of hydrogen-bond acceptors (Lipinski definition) is 5. The minimum absolute atomic E-state index is 0.0615. The Bertz CT molecular complexity index is 977. The van der Waals surface area contributed by atoms with E-state index in [1.807, 2.05) is 6.07 Å². The van der Waals surface area contributed by atoms with Gasteiger partial charge >= 0.3 is 0 Å². The summed E-state index contributed by atoms with van der Waals surface area (Å²) >= 11 is 5.89. The van der Waals surface area contributed by atoms with Crippen LogP contribution in [0.4, 0.5) is 5.69 Å². The molecule has 2 aromatic carbocycles. The largest absolute Gasteiger partial charge is 0.484 e. The zero-order chi connectivity index (χ0) is 21.3. The summed E-state index contributed by atoms with van der Waals surface area (Å²) in [5.41, 5.74) is 1.33. The maximum absolute atomic E-state index is 12.5. The predicted octanol–water partition coefficient (Wildman–Crippen LogP) is 3.12. The minimum Gasteiger partial charge on any atom is -0.484 e. The lowest BCUT2D eigenvalue weighted by molar-refractivity contribution is -0.130. The van der Waals surface area contributed by atoms with E-state index < -0.39 is 0 Å². The Morgan fingerprint density at radius 2 is 1.93 bits per heavy atom. The molecule has 1 saturated heterocycles. The maximum atomic E-state index is 12.5. The Labute approximate surface area is 179 Å². The van der Waals surface area contributed by atoms with Gasteiger partial charge in [0.25, 0.3) is 11.8 Å². The van der Waals surface area contributed by atoms with Crippen molar-refractivity contribution < 1.29 is 19.1 Å². The van der Waals surface area contributed by atoms with E-state index in [0.717, 1.165) is 0 Å². The first-order valence-corrected chi connectivity index (χ1v) is 9.70. The van der Waals surface area contributed by atoms with Crippen molar-refractivity contribution in [2.75, 3.05) is 38.2 Å². The van der Waals surface area contributed by atoms with Crippen molar-refractivity contribution in [3.05, 3.63) is 64.7 Å². The van der Waals surface area contributed by atoms with E-state index in [-0.39, 0.29) is 24.0 Å². The second-order valence-corrected chi connectivity index (χ2v) is 6.93. The lowest BCUT2D eigenvalue weighted by Gasteiger charge is -2.26. The summed E-state index contributed by atoms with van der Waals surface area (Å²) in [6, 6.07) is 15.6. The molecule has 1 fully saturated rings. The first kappa shape index (κ1) is 21.4. The van der Waals surface area contributed by atoms with Gasteiger partial charge in [-0.15, -0.1) is 0 Å². The van der Waals surface area contributed by atoms with Gasteiger partial charge in [-0.25, -0.2) is 0 Å². The van der Waals surface area contributed by atoms with Crippen LogP contribution < -0.4 is 10.1 Å². The number of morpholine rings is 1. The number of carbonyl (C=O) groups is 2. The zero-order valence-electron chi connectivity index (χ0n) is 16.1. The predicted molar refractivity (Wildman–Crippen MR) is 113 cm³/mol. The van der Waals surface area contributed by atoms with E-state index in [2.05, 4.69) is 5.32 Å². The van der Waals surface area contributed by atoms with Crippen molar-refractivity contribution in [1.82, 2.24) is 4.90 Å². The van der Waals surface area contributed by atoms with Crippen LogP contribution in [0, 0.1) is 11.3 Å². The Balaban J connectivity index is 1.56. The molecule has 0 aromatic heterocycles. The molecule has 7 nitrogen and oxygen atoms in total. The van der Waals surface area contributed by atoms with Crippen molar-refractivity contribution in [3.8, 4) is 11.8 Å². The number of carbonyl (C=O) groups excluding carboxylic acids is 2. The van der Waals surface area contributed by atoms with Crippen molar-refractivity contribution in [3.63, 3.8) is 0 Å². The number of nitrogens with zero attached hydrogens (tertiary/aromatic N) is 2. The molecule has 30 heavy (non-hydrogen) atoms. The van der Waals surface area contributed by atoms with E-state index in [9.17, 15) is 14.9 Å². The first-order chi connectivity index (χ1) is 14.5. The zero-order valence-corrected chi connectivity index (χ0v) is 16.9. The van der Waals surface area contributed by atoms with Gasteiger partial charge in [-0.3, -0.25) is 9.59 Å². The summed E-state index contributed by atoms with van der Waals surface area (Å²) in [7, 11) is 0. The SMILES string of the molecule is N#C/C(=C\c1ccc(OCC(=O)Nc2cccc(Cl)c2)cc1)C(=O)N1CCOCC1.